The van der Waals surface area contributed by atoms with E-state index < -0.39 is 23.8 Å². The normalized spacial score (nSPS) is 14.9. The van der Waals surface area contributed by atoms with Crippen molar-refractivity contribution in [2.45, 2.75) is 60.8 Å². The van der Waals surface area contributed by atoms with E-state index in [0.29, 0.717) is 17.4 Å². The molecular formula is C22H35O6-. The Hall–Kier alpha value is -2.11. The Morgan fingerprint density at radius 2 is 1.57 bits per heavy atom. The van der Waals surface area contributed by atoms with E-state index in [1.807, 2.05) is 13.0 Å². The number of ether oxygens (including phenoxy) is 2. The number of carboxylic acids is 1. The van der Waals surface area contributed by atoms with Gasteiger partial charge in [-0.2, -0.15) is 0 Å². The van der Waals surface area contributed by atoms with E-state index in [2.05, 4.69) is 27.4 Å². The summed E-state index contributed by atoms with van der Waals surface area (Å²) in [6.07, 6.45) is 3.66. The molecule has 0 aliphatic rings. The maximum Gasteiger partial charge on any atom is 0.333 e. The van der Waals surface area contributed by atoms with Crippen molar-refractivity contribution >= 4 is 17.9 Å². The fourth-order valence-corrected chi connectivity index (χ4v) is 3.24. The van der Waals surface area contributed by atoms with Gasteiger partial charge in [0.1, 0.15) is 13.2 Å². The molecule has 0 aliphatic carbocycles. The topological polar surface area (TPSA) is 92.7 Å². The standard InChI is InChI=1S/C22H36O6/c1-14(2)10-16(5)11-17(6)12-18(7)19(21(24)25)13-20(23)27-8-9-28-22(26)15(3)4/h12,14,16-17,19H,3,8-11,13H2,1-2,4-7H3,(H,24,25)/p-1/b18-12+. The quantitative estimate of drug-likeness (QED) is 0.206. The zero-order valence-electron chi connectivity index (χ0n) is 18.1. The van der Waals surface area contributed by atoms with Crippen LogP contribution in [0.1, 0.15) is 60.8 Å². The average molecular weight is 396 g/mol. The summed E-state index contributed by atoms with van der Waals surface area (Å²) in [5.41, 5.74) is 0.843. The van der Waals surface area contributed by atoms with Crippen molar-refractivity contribution in [1.29, 1.82) is 0 Å². The third-order valence-corrected chi connectivity index (χ3v) is 4.33. The Morgan fingerprint density at radius 1 is 1.00 bits per heavy atom. The van der Waals surface area contributed by atoms with E-state index in [1.54, 1.807) is 6.92 Å². The molecule has 0 fully saturated rings. The molecule has 0 N–H and O–H groups in total. The first-order valence-electron chi connectivity index (χ1n) is 9.81. The van der Waals surface area contributed by atoms with E-state index in [0.717, 1.165) is 12.8 Å². The van der Waals surface area contributed by atoms with Crippen molar-refractivity contribution in [2.24, 2.45) is 23.7 Å². The van der Waals surface area contributed by atoms with Crippen LogP contribution in [0.3, 0.4) is 0 Å². The molecule has 0 aromatic rings. The van der Waals surface area contributed by atoms with Crippen LogP contribution in [0.5, 0.6) is 0 Å². The first-order chi connectivity index (χ1) is 12.9. The van der Waals surface area contributed by atoms with E-state index in [1.165, 1.54) is 6.92 Å². The third kappa shape index (κ3) is 11.6. The largest absolute Gasteiger partial charge is 0.549 e. The molecule has 3 unspecified atom stereocenters. The van der Waals surface area contributed by atoms with E-state index in [-0.39, 0.29) is 31.1 Å². The zero-order valence-corrected chi connectivity index (χ0v) is 18.1. The number of rotatable bonds is 13. The molecule has 0 bridgehead atoms. The summed E-state index contributed by atoms with van der Waals surface area (Å²) < 4.78 is 9.77. The van der Waals surface area contributed by atoms with Crippen molar-refractivity contribution in [3.05, 3.63) is 23.8 Å². The lowest BCUT2D eigenvalue weighted by Crippen LogP contribution is -2.34. The van der Waals surface area contributed by atoms with Gasteiger partial charge in [0.15, 0.2) is 0 Å². The second kappa shape index (κ2) is 13.1. The number of esters is 2. The highest BCUT2D eigenvalue weighted by Crippen LogP contribution is 2.24. The summed E-state index contributed by atoms with van der Waals surface area (Å²) >= 11 is 0. The van der Waals surface area contributed by atoms with Crippen molar-refractivity contribution in [3.8, 4) is 0 Å². The second-order valence-corrected chi connectivity index (χ2v) is 8.07. The Bertz CT molecular complexity index is 576. The summed E-state index contributed by atoms with van der Waals surface area (Å²) in [6, 6.07) is 0. The first kappa shape index (κ1) is 25.9. The molecule has 0 heterocycles. The molecule has 28 heavy (non-hydrogen) atoms. The van der Waals surface area contributed by atoms with Crippen molar-refractivity contribution < 1.29 is 29.0 Å². The number of hydrogen-bond donors (Lipinski definition) is 0. The van der Waals surface area contributed by atoms with Crippen LogP contribution in [-0.2, 0) is 23.9 Å². The molecule has 0 aliphatic heterocycles. The molecule has 0 aromatic carbocycles. The molecule has 0 saturated carbocycles. The van der Waals surface area contributed by atoms with Gasteiger partial charge in [-0.3, -0.25) is 4.79 Å². The van der Waals surface area contributed by atoms with Crippen LogP contribution in [0.4, 0.5) is 0 Å². The highest BCUT2D eigenvalue weighted by molar-refractivity contribution is 5.86. The van der Waals surface area contributed by atoms with Gasteiger partial charge < -0.3 is 19.4 Å². The van der Waals surface area contributed by atoms with Gasteiger partial charge in [-0.15, -0.1) is 0 Å². The molecule has 0 aromatic heterocycles. The van der Waals surface area contributed by atoms with E-state index in [4.69, 9.17) is 9.47 Å². The minimum absolute atomic E-state index is 0.104. The van der Waals surface area contributed by atoms with Gasteiger partial charge in [-0.1, -0.05) is 45.9 Å². The SMILES string of the molecule is C=C(C)C(=O)OCCOC(=O)CC(C(=O)[O-])/C(C)=C/C(C)CC(C)CC(C)C. The van der Waals surface area contributed by atoms with Crippen LogP contribution in [-0.4, -0.2) is 31.1 Å². The maximum atomic E-state index is 11.9. The molecule has 6 nitrogen and oxygen atoms in total. The summed E-state index contributed by atoms with van der Waals surface area (Å²) in [4.78, 5) is 34.6. The van der Waals surface area contributed by atoms with Crippen molar-refractivity contribution in [1.82, 2.24) is 0 Å². The first-order valence-corrected chi connectivity index (χ1v) is 9.81. The molecule has 160 valence electrons. The lowest BCUT2D eigenvalue weighted by Gasteiger charge is -2.21. The minimum atomic E-state index is -1.30. The summed E-state index contributed by atoms with van der Waals surface area (Å²) in [7, 11) is 0. The molecule has 0 rings (SSSR count). The van der Waals surface area contributed by atoms with Gasteiger partial charge in [-0.05, 0) is 44.4 Å². The average Bonchev–Trinajstić information content (AvgIpc) is 2.54. The summed E-state index contributed by atoms with van der Waals surface area (Å²) in [5, 5.41) is 11.5. The maximum absolute atomic E-state index is 11.9. The van der Waals surface area contributed by atoms with Crippen LogP contribution in [0.2, 0.25) is 0 Å². The number of carbonyl (C=O) groups excluding carboxylic acids is 3. The Kier molecular flexibility index (Phi) is 12.1. The predicted molar refractivity (Wildman–Crippen MR) is 106 cm³/mol. The summed E-state index contributed by atoms with van der Waals surface area (Å²) in [5.74, 6) is -2.22. The number of carboxylic acid groups (broad SMARTS) is 1. The second-order valence-electron chi connectivity index (χ2n) is 8.07. The van der Waals surface area contributed by atoms with Gasteiger partial charge >= 0.3 is 11.9 Å². The molecule has 6 heteroatoms. The minimum Gasteiger partial charge on any atom is -0.549 e. The predicted octanol–water partition coefficient (Wildman–Crippen LogP) is 3.06. The van der Waals surface area contributed by atoms with E-state index in [9.17, 15) is 19.5 Å². The Balaban J connectivity index is 4.62. The third-order valence-electron chi connectivity index (χ3n) is 4.33. The highest BCUT2D eigenvalue weighted by Gasteiger charge is 2.19. The molecule has 0 amide bonds. The summed E-state index contributed by atoms with van der Waals surface area (Å²) in [6.45, 7) is 15.0. The fourth-order valence-electron chi connectivity index (χ4n) is 3.24. The van der Waals surface area contributed by atoms with Crippen molar-refractivity contribution in [2.75, 3.05) is 13.2 Å². The number of aliphatic carboxylic acids is 1. The van der Waals surface area contributed by atoms with Crippen LogP contribution in [0.25, 0.3) is 0 Å². The fraction of sp³-hybridized carbons (Fsp3) is 0.682. The van der Waals surface area contributed by atoms with E-state index >= 15 is 0 Å². The molecular weight excluding hydrogens is 360 g/mol. The zero-order chi connectivity index (χ0) is 21.9. The molecule has 0 radical (unpaired) electrons. The van der Waals surface area contributed by atoms with Crippen LogP contribution < -0.4 is 5.11 Å². The molecule has 3 atom stereocenters. The van der Waals surface area contributed by atoms with Gasteiger partial charge in [0.2, 0.25) is 0 Å². The Morgan fingerprint density at radius 3 is 2.07 bits per heavy atom. The monoisotopic (exact) mass is 395 g/mol. The lowest BCUT2D eigenvalue weighted by atomic mass is 9.87. The number of hydrogen-bond acceptors (Lipinski definition) is 6. The number of allylic oxidation sites excluding steroid dienone is 1. The highest BCUT2D eigenvalue weighted by atomic mass is 16.6. The lowest BCUT2D eigenvalue weighted by molar-refractivity contribution is -0.310. The van der Waals surface area contributed by atoms with Gasteiger partial charge in [0.25, 0.3) is 0 Å². The van der Waals surface area contributed by atoms with Crippen LogP contribution >= 0.6 is 0 Å². The Labute approximate surface area is 169 Å². The van der Waals surface area contributed by atoms with Gasteiger partial charge in [0.05, 0.1) is 6.42 Å². The van der Waals surface area contributed by atoms with Gasteiger partial charge in [-0.25, -0.2) is 4.79 Å². The number of carbonyl (C=O) groups is 3. The van der Waals surface area contributed by atoms with Gasteiger partial charge in [0, 0.05) is 17.5 Å². The molecule has 0 saturated heterocycles. The van der Waals surface area contributed by atoms with Crippen molar-refractivity contribution in [3.63, 3.8) is 0 Å². The molecule has 0 spiro atoms. The van der Waals surface area contributed by atoms with Crippen LogP contribution in [0.15, 0.2) is 23.8 Å². The smallest absolute Gasteiger partial charge is 0.333 e. The van der Waals surface area contributed by atoms with Crippen LogP contribution in [0, 0.1) is 23.7 Å².